The van der Waals surface area contributed by atoms with E-state index in [2.05, 4.69) is 15.2 Å². The van der Waals surface area contributed by atoms with Gasteiger partial charge in [-0.1, -0.05) is 12.1 Å². The first-order chi connectivity index (χ1) is 11.8. The van der Waals surface area contributed by atoms with Gasteiger partial charge >= 0.3 is 0 Å². The number of aryl methyl sites for hydroxylation is 1. The molecule has 1 atom stereocenters. The summed E-state index contributed by atoms with van der Waals surface area (Å²) in [6.45, 7) is 1.72. The van der Waals surface area contributed by atoms with Gasteiger partial charge in [0.05, 0.1) is 7.11 Å². The van der Waals surface area contributed by atoms with Crippen LogP contribution < -0.4 is 15.0 Å². The molecular weight excluding hydrogens is 322 g/mol. The summed E-state index contributed by atoms with van der Waals surface area (Å²) < 4.78 is 5.14. The van der Waals surface area contributed by atoms with Crippen molar-refractivity contribution in [1.29, 1.82) is 0 Å². The quantitative estimate of drug-likeness (QED) is 0.838. The lowest BCUT2D eigenvalue weighted by molar-refractivity contribution is -0.121. The maximum Gasteiger partial charge on any atom is 0.220 e. The molecule has 0 unspecified atom stereocenters. The third-order valence-electron chi connectivity index (χ3n) is 4.38. The highest BCUT2D eigenvalue weighted by Gasteiger charge is 2.26. The standard InChI is InChI=1S/C18H23N3O2S/c1-23-16-7-4-14(5-8-16)6-9-17(22)20-13-15-3-2-11-21(15)18-19-10-12-24-18/h4-5,7-8,10,12,15H,2-3,6,9,11,13H2,1H3,(H,20,22)/t15-/m1/s1. The number of anilines is 1. The van der Waals surface area contributed by atoms with Crippen LogP contribution in [0.2, 0.25) is 0 Å². The lowest BCUT2D eigenvalue weighted by Crippen LogP contribution is -2.40. The molecule has 3 rings (SSSR count). The van der Waals surface area contributed by atoms with Gasteiger partial charge in [-0.05, 0) is 37.0 Å². The molecule has 128 valence electrons. The minimum Gasteiger partial charge on any atom is -0.497 e. The van der Waals surface area contributed by atoms with E-state index >= 15 is 0 Å². The second-order valence-corrected chi connectivity index (χ2v) is 6.83. The number of benzene rings is 1. The van der Waals surface area contributed by atoms with Crippen LogP contribution in [0.1, 0.15) is 24.8 Å². The molecule has 2 heterocycles. The average molecular weight is 345 g/mol. The van der Waals surface area contributed by atoms with E-state index in [-0.39, 0.29) is 5.91 Å². The van der Waals surface area contributed by atoms with E-state index in [1.54, 1.807) is 18.4 Å². The number of ether oxygens (including phenoxy) is 1. The largest absolute Gasteiger partial charge is 0.497 e. The maximum absolute atomic E-state index is 12.1. The Labute approximate surface area is 146 Å². The third-order valence-corrected chi connectivity index (χ3v) is 5.19. The molecule has 1 aromatic heterocycles. The Kier molecular flexibility index (Phi) is 5.69. The zero-order valence-corrected chi connectivity index (χ0v) is 14.7. The van der Waals surface area contributed by atoms with E-state index in [0.717, 1.165) is 42.3 Å². The van der Waals surface area contributed by atoms with Crippen molar-refractivity contribution in [1.82, 2.24) is 10.3 Å². The zero-order valence-electron chi connectivity index (χ0n) is 13.9. The summed E-state index contributed by atoms with van der Waals surface area (Å²) in [4.78, 5) is 18.8. The second kappa shape index (κ2) is 8.15. The van der Waals surface area contributed by atoms with Crippen LogP contribution in [0, 0.1) is 0 Å². The fraction of sp³-hybridized carbons (Fsp3) is 0.444. The van der Waals surface area contributed by atoms with Crippen molar-refractivity contribution in [3.8, 4) is 5.75 Å². The third kappa shape index (κ3) is 4.26. The minimum absolute atomic E-state index is 0.108. The molecule has 0 spiro atoms. The fourth-order valence-electron chi connectivity index (χ4n) is 3.03. The van der Waals surface area contributed by atoms with Crippen molar-refractivity contribution >= 4 is 22.4 Å². The highest BCUT2D eigenvalue weighted by atomic mass is 32.1. The minimum atomic E-state index is 0.108. The number of nitrogens with zero attached hydrogens (tertiary/aromatic N) is 2. The van der Waals surface area contributed by atoms with Crippen LogP contribution in [0.4, 0.5) is 5.13 Å². The molecule has 1 N–H and O–H groups in total. The number of hydrogen-bond donors (Lipinski definition) is 1. The molecule has 1 aliphatic heterocycles. The first-order valence-corrected chi connectivity index (χ1v) is 9.20. The van der Waals surface area contributed by atoms with Gasteiger partial charge in [0.1, 0.15) is 5.75 Å². The lowest BCUT2D eigenvalue weighted by Gasteiger charge is -2.24. The number of carbonyl (C=O) groups excluding carboxylic acids is 1. The number of carbonyl (C=O) groups is 1. The van der Waals surface area contributed by atoms with Gasteiger partial charge in [0.15, 0.2) is 5.13 Å². The van der Waals surface area contributed by atoms with E-state index in [1.807, 2.05) is 35.8 Å². The molecule has 1 amide bonds. The van der Waals surface area contributed by atoms with Crippen LogP contribution in [0.25, 0.3) is 0 Å². The van der Waals surface area contributed by atoms with E-state index in [1.165, 1.54) is 0 Å². The number of thiazole rings is 1. The second-order valence-electron chi connectivity index (χ2n) is 5.96. The monoisotopic (exact) mass is 345 g/mol. The number of methoxy groups -OCH3 is 1. The summed E-state index contributed by atoms with van der Waals surface area (Å²) >= 11 is 1.66. The number of aromatic nitrogens is 1. The van der Waals surface area contributed by atoms with Gasteiger partial charge in [0.25, 0.3) is 0 Å². The van der Waals surface area contributed by atoms with Crippen LogP contribution in [-0.2, 0) is 11.2 Å². The van der Waals surface area contributed by atoms with Crippen LogP contribution in [0.15, 0.2) is 35.8 Å². The number of amides is 1. The fourth-order valence-corrected chi connectivity index (χ4v) is 3.77. The predicted molar refractivity (Wildman–Crippen MR) is 96.8 cm³/mol. The molecule has 0 aliphatic carbocycles. The van der Waals surface area contributed by atoms with E-state index in [9.17, 15) is 4.79 Å². The van der Waals surface area contributed by atoms with Crippen LogP contribution in [0.3, 0.4) is 0 Å². The van der Waals surface area contributed by atoms with Gasteiger partial charge in [0, 0.05) is 37.1 Å². The van der Waals surface area contributed by atoms with Gasteiger partial charge in [-0.25, -0.2) is 4.98 Å². The summed E-state index contributed by atoms with van der Waals surface area (Å²) in [6.07, 6.45) is 5.36. The van der Waals surface area contributed by atoms with Crippen LogP contribution >= 0.6 is 11.3 Å². The van der Waals surface area contributed by atoms with Gasteiger partial charge in [0.2, 0.25) is 5.91 Å². The van der Waals surface area contributed by atoms with Gasteiger partial charge in [-0.3, -0.25) is 4.79 Å². The van der Waals surface area contributed by atoms with Gasteiger partial charge in [-0.2, -0.15) is 0 Å². The average Bonchev–Trinajstić information content (AvgIpc) is 3.29. The molecular formula is C18H23N3O2S. The molecule has 5 nitrogen and oxygen atoms in total. The van der Waals surface area contributed by atoms with Crippen LogP contribution in [0.5, 0.6) is 5.75 Å². The van der Waals surface area contributed by atoms with Crippen molar-refractivity contribution in [3.05, 3.63) is 41.4 Å². The number of nitrogens with one attached hydrogen (secondary N) is 1. The molecule has 1 aliphatic rings. The molecule has 1 fully saturated rings. The molecule has 1 aromatic carbocycles. The van der Waals surface area contributed by atoms with E-state index in [4.69, 9.17) is 4.74 Å². The first kappa shape index (κ1) is 16.8. The predicted octanol–water partition coefficient (Wildman–Crippen LogP) is 2.87. The Balaban J connectivity index is 1.43. The lowest BCUT2D eigenvalue weighted by atomic mass is 10.1. The first-order valence-electron chi connectivity index (χ1n) is 8.32. The van der Waals surface area contributed by atoms with Gasteiger partial charge < -0.3 is 15.0 Å². The molecule has 6 heteroatoms. The van der Waals surface area contributed by atoms with Crippen molar-refractivity contribution in [2.45, 2.75) is 31.7 Å². The highest BCUT2D eigenvalue weighted by Crippen LogP contribution is 2.26. The Morgan fingerprint density at radius 3 is 2.96 bits per heavy atom. The zero-order chi connectivity index (χ0) is 16.8. The Bertz CT molecular complexity index is 643. The Morgan fingerprint density at radius 2 is 2.25 bits per heavy atom. The summed E-state index contributed by atoms with van der Waals surface area (Å²) in [6, 6.07) is 8.23. The summed E-state index contributed by atoms with van der Waals surface area (Å²) in [7, 11) is 1.65. The Hall–Kier alpha value is -2.08. The highest BCUT2D eigenvalue weighted by molar-refractivity contribution is 7.13. The van der Waals surface area contributed by atoms with Crippen molar-refractivity contribution in [2.75, 3.05) is 25.1 Å². The molecule has 0 saturated carbocycles. The summed E-state index contributed by atoms with van der Waals surface area (Å²) in [5.74, 6) is 0.948. The molecule has 2 aromatic rings. The number of hydrogen-bond acceptors (Lipinski definition) is 5. The molecule has 0 radical (unpaired) electrons. The topological polar surface area (TPSA) is 54.5 Å². The maximum atomic E-state index is 12.1. The van der Waals surface area contributed by atoms with E-state index in [0.29, 0.717) is 19.0 Å². The van der Waals surface area contributed by atoms with Gasteiger partial charge in [-0.15, -0.1) is 11.3 Å². The molecule has 24 heavy (non-hydrogen) atoms. The van der Waals surface area contributed by atoms with Crippen molar-refractivity contribution in [3.63, 3.8) is 0 Å². The number of rotatable bonds is 7. The SMILES string of the molecule is COc1ccc(CCC(=O)NC[C@H]2CCCN2c2nccs2)cc1. The molecule has 0 bridgehead atoms. The van der Waals surface area contributed by atoms with Crippen molar-refractivity contribution < 1.29 is 9.53 Å². The van der Waals surface area contributed by atoms with Crippen molar-refractivity contribution in [2.24, 2.45) is 0 Å². The smallest absolute Gasteiger partial charge is 0.220 e. The van der Waals surface area contributed by atoms with Crippen LogP contribution in [-0.4, -0.2) is 37.1 Å². The summed E-state index contributed by atoms with van der Waals surface area (Å²) in [5.41, 5.74) is 1.15. The van der Waals surface area contributed by atoms with E-state index < -0.39 is 0 Å². The normalized spacial score (nSPS) is 17.0. The Morgan fingerprint density at radius 1 is 1.42 bits per heavy atom. The molecule has 1 saturated heterocycles. The summed E-state index contributed by atoms with van der Waals surface area (Å²) in [5, 5.41) is 6.14.